The van der Waals surface area contributed by atoms with E-state index in [9.17, 15) is 4.79 Å². The maximum absolute atomic E-state index is 13.1. The summed E-state index contributed by atoms with van der Waals surface area (Å²) in [4.78, 5) is 21.9. The molecule has 1 fully saturated rings. The minimum absolute atomic E-state index is 0.000871. The van der Waals surface area contributed by atoms with Gasteiger partial charge in [-0.15, -0.1) is 11.3 Å². The van der Waals surface area contributed by atoms with E-state index in [-0.39, 0.29) is 5.91 Å². The van der Waals surface area contributed by atoms with Crippen molar-refractivity contribution in [2.75, 3.05) is 38.2 Å². The molecule has 0 unspecified atom stereocenters. The summed E-state index contributed by atoms with van der Waals surface area (Å²) < 4.78 is 7.62. The third kappa shape index (κ3) is 3.55. The fraction of sp³-hybridized carbons (Fsp3) is 0.250. The number of piperazine rings is 1. The number of carbonyl (C=O) groups excluding carboxylic acids is 1. The van der Waals surface area contributed by atoms with Crippen LogP contribution in [0.2, 0.25) is 0 Å². The third-order valence-corrected chi connectivity index (χ3v) is 6.75. The SMILES string of the molecule is COc1ccccc1N1CCN(C(=O)c2csc(-c3cc4ccccc4n3C)n2)CC1. The van der Waals surface area contributed by atoms with Crippen molar-refractivity contribution >= 4 is 33.8 Å². The fourth-order valence-corrected chi connectivity index (χ4v) is 5.03. The van der Waals surface area contributed by atoms with Gasteiger partial charge in [-0.25, -0.2) is 4.98 Å². The Kier molecular flexibility index (Phi) is 5.11. The molecule has 5 rings (SSSR count). The monoisotopic (exact) mass is 432 g/mol. The van der Waals surface area contributed by atoms with Crippen LogP contribution < -0.4 is 9.64 Å². The predicted molar refractivity (Wildman–Crippen MR) is 125 cm³/mol. The first kappa shape index (κ1) is 19.6. The number of aromatic nitrogens is 2. The van der Waals surface area contributed by atoms with E-state index in [1.807, 2.05) is 47.7 Å². The first-order valence-corrected chi connectivity index (χ1v) is 11.2. The topological polar surface area (TPSA) is 50.6 Å². The second-order valence-corrected chi connectivity index (χ2v) is 8.49. The van der Waals surface area contributed by atoms with Gasteiger partial charge in [-0.2, -0.15) is 0 Å². The number of thiazole rings is 1. The quantitative estimate of drug-likeness (QED) is 0.483. The highest BCUT2D eigenvalue weighted by atomic mass is 32.1. The van der Waals surface area contributed by atoms with Crippen molar-refractivity contribution in [3.63, 3.8) is 0 Å². The van der Waals surface area contributed by atoms with Crippen molar-refractivity contribution in [2.24, 2.45) is 7.05 Å². The summed E-state index contributed by atoms with van der Waals surface area (Å²) in [5.74, 6) is 0.863. The Morgan fingerprint density at radius 2 is 1.77 bits per heavy atom. The maximum Gasteiger partial charge on any atom is 0.273 e. The van der Waals surface area contributed by atoms with Crippen LogP contribution in [0.5, 0.6) is 5.75 Å². The van der Waals surface area contributed by atoms with Gasteiger partial charge in [0.25, 0.3) is 5.91 Å². The zero-order valence-electron chi connectivity index (χ0n) is 17.6. The number of hydrogen-bond acceptors (Lipinski definition) is 5. The molecule has 1 aliphatic rings. The van der Waals surface area contributed by atoms with Crippen molar-refractivity contribution in [2.45, 2.75) is 0 Å². The Morgan fingerprint density at radius 1 is 1.03 bits per heavy atom. The number of fused-ring (bicyclic) bond motifs is 1. The number of rotatable bonds is 4. The van der Waals surface area contributed by atoms with Gasteiger partial charge in [0, 0.05) is 49.5 Å². The number of anilines is 1. The molecular formula is C24H24N4O2S. The lowest BCUT2D eigenvalue weighted by Crippen LogP contribution is -2.49. The third-order valence-electron chi connectivity index (χ3n) is 5.89. The highest BCUT2D eigenvalue weighted by Crippen LogP contribution is 2.31. The molecule has 0 aliphatic carbocycles. The Bertz CT molecular complexity index is 1240. The average molecular weight is 433 g/mol. The summed E-state index contributed by atoms with van der Waals surface area (Å²) in [5, 5.41) is 3.92. The highest BCUT2D eigenvalue weighted by Gasteiger charge is 2.25. The second-order valence-electron chi connectivity index (χ2n) is 7.64. The molecule has 6 nitrogen and oxygen atoms in total. The lowest BCUT2D eigenvalue weighted by molar-refractivity contribution is 0.0741. The number of hydrogen-bond donors (Lipinski definition) is 0. The molecule has 1 saturated heterocycles. The Labute approximate surface area is 185 Å². The van der Waals surface area contributed by atoms with Crippen molar-refractivity contribution in [3.05, 3.63) is 65.7 Å². The molecule has 7 heteroatoms. The van der Waals surface area contributed by atoms with Gasteiger partial charge in [-0.1, -0.05) is 30.3 Å². The van der Waals surface area contributed by atoms with Crippen LogP contribution in [0, 0.1) is 0 Å². The van der Waals surface area contributed by atoms with E-state index in [1.54, 1.807) is 7.11 Å². The van der Waals surface area contributed by atoms with Crippen molar-refractivity contribution in [1.29, 1.82) is 0 Å². The van der Waals surface area contributed by atoms with Gasteiger partial charge in [0.1, 0.15) is 16.5 Å². The number of nitrogens with zero attached hydrogens (tertiary/aromatic N) is 4. The summed E-state index contributed by atoms with van der Waals surface area (Å²) in [5.41, 5.74) is 3.79. The summed E-state index contributed by atoms with van der Waals surface area (Å²) in [6.07, 6.45) is 0. The Morgan fingerprint density at radius 3 is 2.55 bits per heavy atom. The predicted octanol–water partition coefficient (Wildman–Crippen LogP) is 4.27. The number of ether oxygens (including phenoxy) is 1. The number of para-hydroxylation sites is 3. The minimum atomic E-state index is 0.000871. The van der Waals surface area contributed by atoms with Gasteiger partial charge < -0.3 is 19.1 Å². The van der Waals surface area contributed by atoms with Crippen molar-refractivity contribution in [1.82, 2.24) is 14.5 Å². The van der Waals surface area contributed by atoms with Crippen LogP contribution in [0.15, 0.2) is 60.0 Å². The van der Waals surface area contributed by atoms with Crippen LogP contribution in [0.3, 0.4) is 0 Å². The van der Waals surface area contributed by atoms with Gasteiger partial charge in [0.2, 0.25) is 0 Å². The van der Waals surface area contributed by atoms with Crippen LogP contribution in [-0.2, 0) is 7.05 Å². The van der Waals surface area contributed by atoms with Crippen LogP contribution in [0.4, 0.5) is 5.69 Å². The number of benzene rings is 2. The standard InChI is InChI=1S/C24H24N4O2S/c1-26-19-8-4-3-7-17(19)15-21(26)23-25-18(16-31-23)24(29)28-13-11-27(12-14-28)20-9-5-6-10-22(20)30-2/h3-10,15-16H,11-14H2,1-2H3. The Balaban J connectivity index is 1.31. The lowest BCUT2D eigenvalue weighted by atomic mass is 10.2. The van der Waals surface area contributed by atoms with Gasteiger partial charge in [0.15, 0.2) is 0 Å². The van der Waals surface area contributed by atoms with E-state index in [0.29, 0.717) is 18.8 Å². The molecule has 0 N–H and O–H groups in total. The molecule has 4 aromatic rings. The average Bonchev–Trinajstić information content (AvgIpc) is 3.44. The molecule has 2 aromatic carbocycles. The van der Waals surface area contributed by atoms with Crippen molar-refractivity contribution in [3.8, 4) is 16.5 Å². The number of amides is 1. The lowest BCUT2D eigenvalue weighted by Gasteiger charge is -2.36. The van der Waals surface area contributed by atoms with Crippen LogP contribution in [0.25, 0.3) is 21.6 Å². The minimum Gasteiger partial charge on any atom is -0.495 e. The second kappa shape index (κ2) is 8.07. The van der Waals surface area contributed by atoms with Gasteiger partial charge >= 0.3 is 0 Å². The first-order chi connectivity index (χ1) is 15.2. The highest BCUT2D eigenvalue weighted by molar-refractivity contribution is 7.13. The molecule has 0 atom stereocenters. The summed E-state index contributed by atoms with van der Waals surface area (Å²) in [6, 6.07) is 18.4. The molecule has 0 radical (unpaired) electrons. The van der Waals surface area contributed by atoms with Gasteiger partial charge in [-0.3, -0.25) is 4.79 Å². The molecule has 0 saturated carbocycles. The van der Waals surface area contributed by atoms with Gasteiger partial charge in [0.05, 0.1) is 18.5 Å². The number of carbonyl (C=O) groups is 1. The molecule has 158 valence electrons. The summed E-state index contributed by atoms with van der Waals surface area (Å²) in [7, 11) is 3.73. The number of methoxy groups -OCH3 is 1. The van der Waals surface area contributed by atoms with Gasteiger partial charge in [-0.05, 0) is 24.3 Å². The van der Waals surface area contributed by atoms with E-state index >= 15 is 0 Å². The molecule has 2 aromatic heterocycles. The van der Waals surface area contributed by atoms with Crippen LogP contribution in [-0.4, -0.2) is 53.6 Å². The Hall–Kier alpha value is -3.32. The normalized spacial score (nSPS) is 14.3. The smallest absolute Gasteiger partial charge is 0.273 e. The molecule has 1 amide bonds. The van der Waals surface area contributed by atoms with Crippen LogP contribution >= 0.6 is 11.3 Å². The first-order valence-electron chi connectivity index (χ1n) is 10.3. The molecule has 31 heavy (non-hydrogen) atoms. The van der Waals surface area contributed by atoms with E-state index in [1.165, 1.54) is 16.7 Å². The zero-order valence-corrected chi connectivity index (χ0v) is 18.4. The van der Waals surface area contributed by atoms with Crippen molar-refractivity contribution < 1.29 is 9.53 Å². The molecule has 3 heterocycles. The number of aryl methyl sites for hydroxylation is 1. The fourth-order valence-electron chi connectivity index (χ4n) is 4.19. The van der Waals surface area contributed by atoms with Crippen LogP contribution in [0.1, 0.15) is 10.5 Å². The summed E-state index contributed by atoms with van der Waals surface area (Å²) >= 11 is 1.52. The zero-order chi connectivity index (χ0) is 21.4. The van der Waals surface area contributed by atoms with E-state index in [2.05, 4.69) is 38.7 Å². The molecule has 0 spiro atoms. The maximum atomic E-state index is 13.1. The van der Waals surface area contributed by atoms with E-state index in [4.69, 9.17) is 4.74 Å². The largest absolute Gasteiger partial charge is 0.495 e. The van der Waals surface area contributed by atoms with E-state index in [0.717, 1.165) is 40.7 Å². The molecule has 1 aliphatic heterocycles. The molecule has 0 bridgehead atoms. The molecular weight excluding hydrogens is 408 g/mol. The van der Waals surface area contributed by atoms with E-state index < -0.39 is 0 Å². The summed E-state index contributed by atoms with van der Waals surface area (Å²) in [6.45, 7) is 2.87.